The molecule has 2 heteroatoms. The van der Waals surface area contributed by atoms with E-state index >= 15 is 0 Å². The van der Waals surface area contributed by atoms with Crippen LogP contribution in [0.3, 0.4) is 0 Å². The van der Waals surface area contributed by atoms with Crippen molar-refractivity contribution in [2.45, 2.75) is 51.5 Å². The third-order valence-electron chi connectivity index (χ3n) is 3.95. The van der Waals surface area contributed by atoms with Crippen molar-refractivity contribution in [2.24, 2.45) is 5.92 Å². The van der Waals surface area contributed by atoms with Crippen LogP contribution in [-0.4, -0.2) is 25.8 Å². The second-order valence-corrected chi connectivity index (χ2v) is 6.37. The molecule has 2 rings (SSSR count). The Balaban J connectivity index is 1.73. The second-order valence-electron chi connectivity index (χ2n) is 6.37. The molecular formula is C18H29NO. The monoisotopic (exact) mass is 275 g/mol. The van der Waals surface area contributed by atoms with Crippen LogP contribution in [-0.2, 0) is 4.74 Å². The van der Waals surface area contributed by atoms with Crippen LogP contribution >= 0.6 is 0 Å². The van der Waals surface area contributed by atoms with E-state index in [1.165, 1.54) is 18.4 Å². The highest BCUT2D eigenvalue weighted by Gasteiger charge is 2.22. The molecule has 0 radical (unpaired) electrons. The molecule has 112 valence electrons. The van der Waals surface area contributed by atoms with Gasteiger partial charge in [-0.25, -0.2) is 0 Å². The van der Waals surface area contributed by atoms with E-state index in [1.807, 2.05) is 0 Å². The van der Waals surface area contributed by atoms with E-state index in [4.69, 9.17) is 4.74 Å². The van der Waals surface area contributed by atoms with Gasteiger partial charge in [0.1, 0.15) is 0 Å². The summed E-state index contributed by atoms with van der Waals surface area (Å²) in [4.78, 5) is 0. The van der Waals surface area contributed by atoms with Gasteiger partial charge in [-0.15, -0.1) is 0 Å². The zero-order chi connectivity index (χ0) is 14.2. The van der Waals surface area contributed by atoms with Crippen LogP contribution in [0.15, 0.2) is 30.3 Å². The van der Waals surface area contributed by atoms with Gasteiger partial charge in [-0.05, 0) is 43.1 Å². The van der Waals surface area contributed by atoms with Crippen LogP contribution in [0.5, 0.6) is 0 Å². The Hall–Kier alpha value is -0.860. The van der Waals surface area contributed by atoms with Crippen molar-refractivity contribution < 1.29 is 4.74 Å². The number of benzene rings is 1. The summed E-state index contributed by atoms with van der Waals surface area (Å²) in [5.41, 5.74) is 1.44. The Morgan fingerprint density at radius 2 is 1.80 bits per heavy atom. The number of rotatable bonds is 10. The van der Waals surface area contributed by atoms with Gasteiger partial charge in [0, 0.05) is 25.8 Å². The van der Waals surface area contributed by atoms with Gasteiger partial charge in [0.15, 0.2) is 0 Å². The first-order valence-corrected chi connectivity index (χ1v) is 8.11. The highest BCUT2D eigenvalue weighted by Crippen LogP contribution is 2.23. The van der Waals surface area contributed by atoms with E-state index in [0.29, 0.717) is 5.92 Å². The smallest absolute Gasteiger partial charge is 0.0472 e. The second kappa shape index (κ2) is 8.43. The van der Waals surface area contributed by atoms with E-state index in [9.17, 15) is 0 Å². The van der Waals surface area contributed by atoms with Gasteiger partial charge in [0.05, 0.1) is 0 Å². The lowest BCUT2D eigenvalue weighted by Gasteiger charge is -2.18. The molecular weight excluding hydrogens is 246 g/mol. The zero-order valence-corrected chi connectivity index (χ0v) is 13.0. The highest BCUT2D eigenvalue weighted by molar-refractivity contribution is 5.20. The van der Waals surface area contributed by atoms with Crippen LogP contribution in [0, 0.1) is 5.92 Å². The van der Waals surface area contributed by atoms with Gasteiger partial charge < -0.3 is 10.1 Å². The Bertz CT molecular complexity index is 359. The third-order valence-corrected chi connectivity index (χ3v) is 3.95. The Labute approximate surface area is 123 Å². The number of nitrogens with one attached hydrogen (secondary N) is 1. The molecule has 1 aromatic rings. The van der Waals surface area contributed by atoms with E-state index in [-0.39, 0.29) is 0 Å². The van der Waals surface area contributed by atoms with Crippen molar-refractivity contribution in [3.05, 3.63) is 35.9 Å². The number of hydrogen-bond donors (Lipinski definition) is 1. The van der Waals surface area contributed by atoms with Gasteiger partial charge in [-0.2, -0.15) is 0 Å². The Kier molecular flexibility index (Phi) is 6.55. The molecule has 1 N–H and O–H groups in total. The quantitative estimate of drug-likeness (QED) is 0.652. The maximum Gasteiger partial charge on any atom is 0.0472 e. The van der Waals surface area contributed by atoms with Crippen molar-refractivity contribution in [1.29, 1.82) is 0 Å². The van der Waals surface area contributed by atoms with Crippen LogP contribution in [0.4, 0.5) is 0 Å². The van der Waals surface area contributed by atoms with E-state index < -0.39 is 0 Å². The van der Waals surface area contributed by atoms with Gasteiger partial charge in [0.25, 0.3) is 0 Å². The summed E-state index contributed by atoms with van der Waals surface area (Å²) >= 11 is 0. The minimum Gasteiger partial charge on any atom is -0.381 e. The van der Waals surface area contributed by atoms with Gasteiger partial charge >= 0.3 is 0 Å². The van der Waals surface area contributed by atoms with Crippen molar-refractivity contribution in [3.8, 4) is 0 Å². The summed E-state index contributed by atoms with van der Waals surface area (Å²) in [5.74, 6) is 1.31. The van der Waals surface area contributed by atoms with Crippen molar-refractivity contribution >= 4 is 0 Å². The minimum absolute atomic E-state index is 0.579. The molecule has 1 aliphatic carbocycles. The lowest BCUT2D eigenvalue weighted by molar-refractivity contribution is 0.116. The van der Waals surface area contributed by atoms with Gasteiger partial charge in [0.2, 0.25) is 0 Å². The molecule has 1 atom stereocenters. The van der Waals surface area contributed by atoms with Gasteiger partial charge in [-0.3, -0.25) is 0 Å². The molecule has 20 heavy (non-hydrogen) atoms. The summed E-state index contributed by atoms with van der Waals surface area (Å²) in [5, 5.41) is 3.66. The van der Waals surface area contributed by atoms with Gasteiger partial charge in [-0.1, -0.05) is 44.2 Å². The van der Waals surface area contributed by atoms with E-state index in [2.05, 4.69) is 49.5 Å². The first kappa shape index (κ1) is 15.5. The van der Waals surface area contributed by atoms with Crippen LogP contribution in [0.2, 0.25) is 0 Å². The summed E-state index contributed by atoms with van der Waals surface area (Å²) in [7, 11) is 0. The molecule has 1 aliphatic rings. The molecule has 0 aromatic heterocycles. The molecule has 0 heterocycles. The Morgan fingerprint density at radius 1 is 1.10 bits per heavy atom. The van der Waals surface area contributed by atoms with E-state index in [1.54, 1.807) is 0 Å². The average Bonchev–Trinajstić information content (AvgIpc) is 3.26. The third kappa shape index (κ3) is 6.06. The predicted octanol–water partition coefficient (Wildman–Crippen LogP) is 3.98. The molecule has 0 bridgehead atoms. The lowest BCUT2D eigenvalue weighted by Crippen LogP contribution is -2.24. The normalized spacial score (nSPS) is 16.6. The summed E-state index contributed by atoms with van der Waals surface area (Å²) in [6.07, 6.45) is 4.98. The van der Waals surface area contributed by atoms with Crippen molar-refractivity contribution in [2.75, 3.05) is 19.8 Å². The molecule has 0 amide bonds. The summed E-state index contributed by atoms with van der Waals surface area (Å²) < 4.78 is 5.79. The maximum atomic E-state index is 5.79. The standard InChI is InChI=1S/C18H29NO/c1-15(2)10-12-20-13-11-17(14-19-18-8-9-18)16-6-4-3-5-7-16/h3-7,15,17-19H,8-14H2,1-2H3. The van der Waals surface area contributed by atoms with Crippen LogP contribution < -0.4 is 5.32 Å². The summed E-state index contributed by atoms with van der Waals surface area (Å²) in [6.45, 7) is 7.35. The first-order valence-electron chi connectivity index (χ1n) is 8.11. The van der Waals surface area contributed by atoms with Crippen molar-refractivity contribution in [3.63, 3.8) is 0 Å². The van der Waals surface area contributed by atoms with Crippen LogP contribution in [0.1, 0.15) is 51.0 Å². The molecule has 0 spiro atoms. The minimum atomic E-state index is 0.579. The molecule has 2 nitrogen and oxygen atoms in total. The zero-order valence-electron chi connectivity index (χ0n) is 13.0. The first-order chi connectivity index (χ1) is 9.75. The molecule has 1 unspecified atom stereocenters. The van der Waals surface area contributed by atoms with Crippen molar-refractivity contribution in [1.82, 2.24) is 5.32 Å². The predicted molar refractivity (Wildman–Crippen MR) is 85.1 cm³/mol. The fourth-order valence-corrected chi connectivity index (χ4v) is 2.35. The summed E-state index contributed by atoms with van der Waals surface area (Å²) in [6, 6.07) is 11.6. The number of ether oxygens (including phenoxy) is 1. The Morgan fingerprint density at radius 3 is 2.45 bits per heavy atom. The number of hydrogen-bond acceptors (Lipinski definition) is 2. The molecule has 1 aromatic carbocycles. The van der Waals surface area contributed by atoms with E-state index in [0.717, 1.165) is 44.6 Å². The lowest BCUT2D eigenvalue weighted by atomic mass is 9.96. The fraction of sp³-hybridized carbons (Fsp3) is 0.667. The maximum absolute atomic E-state index is 5.79. The topological polar surface area (TPSA) is 21.3 Å². The fourth-order valence-electron chi connectivity index (χ4n) is 2.35. The van der Waals surface area contributed by atoms with Crippen LogP contribution in [0.25, 0.3) is 0 Å². The molecule has 1 fully saturated rings. The SMILES string of the molecule is CC(C)CCOCCC(CNC1CC1)c1ccccc1. The molecule has 1 saturated carbocycles. The highest BCUT2D eigenvalue weighted by atomic mass is 16.5. The largest absolute Gasteiger partial charge is 0.381 e. The molecule has 0 aliphatic heterocycles. The average molecular weight is 275 g/mol. The molecule has 0 saturated heterocycles.